The molecule has 3 aromatic rings. The van der Waals surface area contributed by atoms with Crippen LogP contribution in [0.15, 0.2) is 64.2 Å². The summed E-state index contributed by atoms with van der Waals surface area (Å²) in [5, 5.41) is 3.43. The zero-order valence-electron chi connectivity index (χ0n) is 11.0. The largest absolute Gasteiger partial charge is 0.452 e. The lowest BCUT2D eigenvalue weighted by molar-refractivity contribution is 0.471. The van der Waals surface area contributed by atoms with Crippen LogP contribution in [0.3, 0.4) is 0 Å². The van der Waals surface area contributed by atoms with E-state index in [1.165, 1.54) is 0 Å². The molecular formula is C15H14BrN3O. The highest BCUT2D eigenvalue weighted by molar-refractivity contribution is 9.10. The van der Waals surface area contributed by atoms with Crippen molar-refractivity contribution >= 4 is 21.6 Å². The summed E-state index contributed by atoms with van der Waals surface area (Å²) in [7, 11) is 0. The van der Waals surface area contributed by atoms with Gasteiger partial charge in [0.05, 0.1) is 12.4 Å². The Labute approximate surface area is 125 Å². The van der Waals surface area contributed by atoms with Gasteiger partial charge in [-0.1, -0.05) is 6.07 Å². The van der Waals surface area contributed by atoms with E-state index >= 15 is 0 Å². The first kappa shape index (κ1) is 13.0. The molecule has 0 radical (unpaired) electrons. The number of rotatable bonds is 4. The van der Waals surface area contributed by atoms with Gasteiger partial charge in [-0.3, -0.25) is 0 Å². The van der Waals surface area contributed by atoms with Crippen LogP contribution in [0.1, 0.15) is 18.7 Å². The summed E-state index contributed by atoms with van der Waals surface area (Å²) >= 11 is 3.32. The number of nitrogens with zero attached hydrogens (tertiary/aromatic N) is 2. The number of halogens is 1. The van der Waals surface area contributed by atoms with E-state index in [-0.39, 0.29) is 6.04 Å². The van der Waals surface area contributed by atoms with Crippen LogP contribution in [0.25, 0.3) is 5.69 Å². The highest BCUT2D eigenvalue weighted by Gasteiger charge is 2.10. The van der Waals surface area contributed by atoms with Gasteiger partial charge in [0.1, 0.15) is 5.76 Å². The monoisotopic (exact) mass is 331 g/mol. The molecule has 1 aromatic carbocycles. The topological polar surface area (TPSA) is 43.0 Å². The van der Waals surface area contributed by atoms with Crippen LogP contribution in [0.2, 0.25) is 0 Å². The average Bonchev–Trinajstić information content (AvgIpc) is 3.10. The van der Waals surface area contributed by atoms with Crippen LogP contribution >= 0.6 is 15.9 Å². The van der Waals surface area contributed by atoms with Crippen LogP contribution in [-0.4, -0.2) is 9.55 Å². The maximum absolute atomic E-state index is 5.56. The maximum atomic E-state index is 5.56. The number of nitrogens with one attached hydrogen (secondary N) is 1. The molecule has 2 aromatic heterocycles. The Morgan fingerprint density at radius 1 is 1.30 bits per heavy atom. The van der Waals surface area contributed by atoms with Crippen molar-refractivity contribution in [2.75, 3.05) is 5.32 Å². The molecule has 0 saturated carbocycles. The third-order valence-electron chi connectivity index (χ3n) is 3.05. The summed E-state index contributed by atoms with van der Waals surface area (Å²) < 4.78 is 8.27. The van der Waals surface area contributed by atoms with Crippen molar-refractivity contribution in [2.24, 2.45) is 0 Å². The number of furan rings is 1. The van der Waals surface area contributed by atoms with Gasteiger partial charge in [0, 0.05) is 23.8 Å². The summed E-state index contributed by atoms with van der Waals surface area (Å²) in [5.74, 6) is 0.893. The second kappa shape index (κ2) is 5.54. The first-order chi connectivity index (χ1) is 9.72. The summed E-state index contributed by atoms with van der Waals surface area (Å²) in [6.45, 7) is 2.06. The van der Waals surface area contributed by atoms with Gasteiger partial charge in [-0.25, -0.2) is 4.98 Å². The highest BCUT2D eigenvalue weighted by atomic mass is 79.9. The fourth-order valence-corrected chi connectivity index (χ4v) is 2.37. The molecular weight excluding hydrogens is 318 g/mol. The van der Waals surface area contributed by atoms with Crippen molar-refractivity contribution in [3.8, 4) is 5.69 Å². The van der Waals surface area contributed by atoms with E-state index in [1.54, 1.807) is 12.5 Å². The molecule has 0 fully saturated rings. The molecule has 0 bridgehead atoms. The molecule has 1 unspecified atom stereocenters. The van der Waals surface area contributed by atoms with E-state index in [1.807, 2.05) is 41.1 Å². The van der Waals surface area contributed by atoms with E-state index in [9.17, 15) is 0 Å². The van der Waals surface area contributed by atoms with E-state index in [2.05, 4.69) is 39.2 Å². The minimum absolute atomic E-state index is 0.0966. The molecule has 0 saturated heterocycles. The standard InChI is InChI=1S/C15H14BrN3O/c1-11(14-5-6-15(16)20-14)18-12-3-2-4-13(9-12)19-8-7-17-10-19/h2-11,18H,1H3. The van der Waals surface area contributed by atoms with Crippen LogP contribution < -0.4 is 5.32 Å². The van der Waals surface area contributed by atoms with Crippen molar-refractivity contribution in [1.82, 2.24) is 9.55 Å². The van der Waals surface area contributed by atoms with Gasteiger partial charge >= 0.3 is 0 Å². The lowest BCUT2D eigenvalue weighted by atomic mass is 10.2. The van der Waals surface area contributed by atoms with Gasteiger partial charge < -0.3 is 14.3 Å². The highest BCUT2D eigenvalue weighted by Crippen LogP contribution is 2.24. The molecule has 20 heavy (non-hydrogen) atoms. The average molecular weight is 332 g/mol. The smallest absolute Gasteiger partial charge is 0.169 e. The van der Waals surface area contributed by atoms with E-state index in [0.717, 1.165) is 21.8 Å². The predicted octanol–water partition coefficient (Wildman–Crippen LogP) is 4.40. The van der Waals surface area contributed by atoms with Gasteiger partial charge in [0.15, 0.2) is 4.67 Å². The predicted molar refractivity (Wildman–Crippen MR) is 82.0 cm³/mol. The summed E-state index contributed by atoms with van der Waals surface area (Å²) in [6.07, 6.45) is 5.47. The Bertz CT molecular complexity index is 691. The second-order valence-electron chi connectivity index (χ2n) is 4.53. The molecule has 0 aliphatic heterocycles. The van der Waals surface area contributed by atoms with Crippen molar-refractivity contribution in [1.29, 1.82) is 0 Å². The molecule has 3 rings (SSSR count). The van der Waals surface area contributed by atoms with Crippen molar-refractivity contribution < 1.29 is 4.42 Å². The fraction of sp³-hybridized carbons (Fsp3) is 0.133. The van der Waals surface area contributed by atoms with Gasteiger partial charge in [0.2, 0.25) is 0 Å². The lowest BCUT2D eigenvalue weighted by Crippen LogP contribution is -2.05. The second-order valence-corrected chi connectivity index (χ2v) is 5.31. The van der Waals surface area contributed by atoms with Gasteiger partial charge in [-0.2, -0.15) is 0 Å². The molecule has 0 aliphatic carbocycles. The van der Waals surface area contributed by atoms with Gasteiger partial charge in [-0.05, 0) is 53.2 Å². The maximum Gasteiger partial charge on any atom is 0.169 e. The van der Waals surface area contributed by atoms with E-state index in [4.69, 9.17) is 4.42 Å². The Morgan fingerprint density at radius 2 is 2.20 bits per heavy atom. The normalized spacial score (nSPS) is 12.3. The molecule has 102 valence electrons. The van der Waals surface area contributed by atoms with Crippen molar-refractivity contribution in [2.45, 2.75) is 13.0 Å². The number of hydrogen-bond acceptors (Lipinski definition) is 3. The molecule has 0 spiro atoms. The number of benzene rings is 1. The Kier molecular flexibility index (Phi) is 3.60. The molecule has 5 heteroatoms. The number of anilines is 1. The van der Waals surface area contributed by atoms with Crippen molar-refractivity contribution in [3.63, 3.8) is 0 Å². The van der Waals surface area contributed by atoms with Crippen molar-refractivity contribution in [3.05, 3.63) is 65.5 Å². The molecule has 1 N–H and O–H groups in total. The van der Waals surface area contributed by atoms with Crippen LogP contribution in [0.5, 0.6) is 0 Å². The third-order valence-corrected chi connectivity index (χ3v) is 3.48. The summed E-state index contributed by atoms with van der Waals surface area (Å²) in [4.78, 5) is 4.06. The fourth-order valence-electron chi connectivity index (χ4n) is 2.05. The zero-order chi connectivity index (χ0) is 13.9. The van der Waals surface area contributed by atoms with Crippen LogP contribution in [0.4, 0.5) is 5.69 Å². The number of hydrogen-bond donors (Lipinski definition) is 1. The molecule has 1 atom stereocenters. The minimum Gasteiger partial charge on any atom is -0.452 e. The third kappa shape index (κ3) is 2.77. The van der Waals surface area contributed by atoms with Crippen LogP contribution in [0, 0.1) is 0 Å². The van der Waals surface area contributed by atoms with E-state index in [0.29, 0.717) is 0 Å². The lowest BCUT2D eigenvalue weighted by Gasteiger charge is -2.14. The quantitative estimate of drug-likeness (QED) is 0.770. The molecule has 0 aliphatic rings. The SMILES string of the molecule is CC(Nc1cccc(-n2ccnc2)c1)c1ccc(Br)o1. The molecule has 2 heterocycles. The summed E-state index contributed by atoms with van der Waals surface area (Å²) in [5.41, 5.74) is 2.11. The zero-order valence-corrected chi connectivity index (χ0v) is 12.5. The van der Waals surface area contributed by atoms with Crippen LogP contribution in [-0.2, 0) is 0 Å². The van der Waals surface area contributed by atoms with E-state index < -0.39 is 0 Å². The Hall–Kier alpha value is -2.01. The molecule has 4 nitrogen and oxygen atoms in total. The molecule has 0 amide bonds. The van der Waals surface area contributed by atoms with Gasteiger partial charge in [-0.15, -0.1) is 0 Å². The number of aromatic nitrogens is 2. The first-order valence-corrected chi connectivity index (χ1v) is 7.12. The Balaban J connectivity index is 1.79. The van der Waals surface area contributed by atoms with Gasteiger partial charge in [0.25, 0.3) is 0 Å². The number of imidazole rings is 1. The minimum atomic E-state index is 0.0966. The Morgan fingerprint density at radius 3 is 2.90 bits per heavy atom. The first-order valence-electron chi connectivity index (χ1n) is 6.32. The summed E-state index contributed by atoms with van der Waals surface area (Å²) in [6, 6.07) is 12.1.